The second-order valence-electron chi connectivity index (χ2n) is 8.33. The lowest BCUT2D eigenvalue weighted by Crippen LogP contribution is -2.33. The summed E-state index contributed by atoms with van der Waals surface area (Å²) in [5.41, 5.74) is 18.4. The Morgan fingerprint density at radius 2 is 1.65 bits per heavy atom. The summed E-state index contributed by atoms with van der Waals surface area (Å²) < 4.78 is 7.37. The Hall–Kier alpha value is -2.63. The summed E-state index contributed by atoms with van der Waals surface area (Å²) in [5, 5.41) is 7.16. The highest BCUT2D eigenvalue weighted by atomic mass is 79.9. The number of halogens is 2. The average molecular weight is 640 g/mol. The minimum Gasteiger partial charge on any atom is -0.491 e. The number of aliphatic imine (C=N–C) groups is 1. The third-order valence-corrected chi connectivity index (χ3v) is 6.38. The molecule has 37 heavy (non-hydrogen) atoms. The Kier molecular flexibility index (Phi) is 14.7. The fourth-order valence-corrected chi connectivity index (χ4v) is 4.83. The van der Waals surface area contributed by atoms with Crippen molar-refractivity contribution in [3.63, 3.8) is 0 Å². The molecule has 0 atom stereocenters. The summed E-state index contributed by atoms with van der Waals surface area (Å²) in [4.78, 5) is 22.5. The smallest absolute Gasteiger partial charge is 0.269 e. The number of benzene rings is 2. The standard InChI is InChI=1S/C26H36Br2N6O3/c27-21-15-20(16-22(28)24(21)36-14-8-11-29)17-23(34-37-18-19-9-4-3-5-10-19)25(35)32-12-6-1-2-7-13-33-26(30)31/h3-5,9-10,15-16H,1-2,6-8,11-14,17-18,29H2,(H,32,35)(H4,30,31,33). The largest absolute Gasteiger partial charge is 0.491 e. The summed E-state index contributed by atoms with van der Waals surface area (Å²) in [6, 6.07) is 13.5. The van der Waals surface area contributed by atoms with Crippen LogP contribution < -0.4 is 27.3 Å². The molecule has 0 heterocycles. The van der Waals surface area contributed by atoms with E-state index in [2.05, 4.69) is 47.3 Å². The second kappa shape index (κ2) is 17.8. The van der Waals surface area contributed by atoms with Crippen molar-refractivity contribution in [1.29, 1.82) is 0 Å². The van der Waals surface area contributed by atoms with Gasteiger partial charge in [-0.2, -0.15) is 0 Å². The summed E-state index contributed by atoms with van der Waals surface area (Å²) in [6.45, 7) is 2.51. The first-order valence-corrected chi connectivity index (χ1v) is 13.9. The lowest BCUT2D eigenvalue weighted by molar-refractivity contribution is -0.115. The molecular weight excluding hydrogens is 604 g/mol. The van der Waals surface area contributed by atoms with E-state index in [0.29, 0.717) is 44.1 Å². The van der Waals surface area contributed by atoms with Gasteiger partial charge in [0.25, 0.3) is 5.91 Å². The van der Waals surface area contributed by atoms with Gasteiger partial charge in [0.05, 0.1) is 15.6 Å². The third kappa shape index (κ3) is 12.4. The number of nitrogens with zero attached hydrogens (tertiary/aromatic N) is 2. The minimum atomic E-state index is -0.260. The van der Waals surface area contributed by atoms with Crippen LogP contribution in [0.3, 0.4) is 0 Å². The van der Waals surface area contributed by atoms with Crippen molar-refractivity contribution in [1.82, 2.24) is 5.32 Å². The fraction of sp³-hybridized carbons (Fsp3) is 0.423. The molecule has 0 aliphatic rings. The number of ether oxygens (including phenoxy) is 1. The van der Waals surface area contributed by atoms with Crippen molar-refractivity contribution in [3.8, 4) is 5.75 Å². The highest BCUT2D eigenvalue weighted by Gasteiger charge is 2.16. The molecule has 11 heteroatoms. The fourth-order valence-electron chi connectivity index (χ4n) is 3.32. The van der Waals surface area contributed by atoms with Crippen molar-refractivity contribution in [2.75, 3.05) is 26.2 Å². The Bertz CT molecular complexity index is 1010. The molecule has 0 fully saturated rings. The van der Waals surface area contributed by atoms with Crippen LogP contribution in [0.2, 0.25) is 0 Å². The van der Waals surface area contributed by atoms with Crippen molar-refractivity contribution in [2.45, 2.75) is 45.1 Å². The van der Waals surface area contributed by atoms with Gasteiger partial charge in [0, 0.05) is 19.5 Å². The van der Waals surface area contributed by atoms with E-state index < -0.39 is 0 Å². The monoisotopic (exact) mass is 638 g/mol. The molecule has 2 aromatic rings. The number of carbonyl (C=O) groups excluding carboxylic acids is 1. The maximum Gasteiger partial charge on any atom is 0.269 e. The third-order valence-electron chi connectivity index (χ3n) is 5.20. The first kappa shape index (κ1) is 30.6. The van der Waals surface area contributed by atoms with Crippen LogP contribution in [-0.4, -0.2) is 43.8 Å². The molecule has 0 aromatic heterocycles. The first-order valence-electron chi connectivity index (χ1n) is 12.3. The normalized spacial score (nSPS) is 11.2. The molecule has 0 saturated carbocycles. The summed E-state index contributed by atoms with van der Waals surface area (Å²) in [5.74, 6) is 0.547. The Labute approximate surface area is 235 Å². The van der Waals surface area contributed by atoms with Crippen LogP contribution in [0.1, 0.15) is 43.2 Å². The lowest BCUT2D eigenvalue weighted by Gasteiger charge is -2.13. The predicted molar refractivity (Wildman–Crippen MR) is 156 cm³/mol. The molecule has 0 saturated heterocycles. The van der Waals surface area contributed by atoms with Crippen LogP contribution >= 0.6 is 31.9 Å². The van der Waals surface area contributed by atoms with Gasteiger partial charge in [-0.1, -0.05) is 48.3 Å². The maximum absolute atomic E-state index is 13.0. The molecule has 2 rings (SSSR count). The van der Waals surface area contributed by atoms with Crippen molar-refractivity contribution >= 4 is 49.4 Å². The summed E-state index contributed by atoms with van der Waals surface area (Å²) in [7, 11) is 0. The van der Waals surface area contributed by atoms with Gasteiger partial charge in [-0.15, -0.1) is 0 Å². The molecular formula is C26H36Br2N6O3. The molecule has 7 N–H and O–H groups in total. The zero-order chi connectivity index (χ0) is 26.9. The SMILES string of the molecule is NCCCOc1c(Br)cc(CC(=NOCc2ccccc2)C(=O)NCCCCCCN=C(N)N)cc1Br. The molecule has 0 unspecified atom stereocenters. The number of amides is 1. The minimum absolute atomic E-state index is 0.112. The number of hydrogen-bond donors (Lipinski definition) is 4. The molecule has 0 radical (unpaired) electrons. The van der Waals surface area contributed by atoms with E-state index in [1.54, 1.807) is 0 Å². The van der Waals surface area contributed by atoms with Crippen LogP contribution in [0, 0.1) is 0 Å². The van der Waals surface area contributed by atoms with Gasteiger partial charge >= 0.3 is 0 Å². The number of nitrogens with one attached hydrogen (secondary N) is 1. The van der Waals surface area contributed by atoms with E-state index in [9.17, 15) is 4.79 Å². The Morgan fingerprint density at radius 3 is 2.32 bits per heavy atom. The Balaban J connectivity index is 2.00. The molecule has 202 valence electrons. The van der Waals surface area contributed by atoms with Gasteiger partial charge in [0.1, 0.15) is 18.1 Å². The highest BCUT2D eigenvalue weighted by molar-refractivity contribution is 9.11. The van der Waals surface area contributed by atoms with Gasteiger partial charge in [-0.3, -0.25) is 9.79 Å². The Morgan fingerprint density at radius 1 is 0.946 bits per heavy atom. The molecule has 0 bridgehead atoms. The molecule has 0 aliphatic heterocycles. The number of unbranched alkanes of at least 4 members (excludes halogenated alkanes) is 3. The lowest BCUT2D eigenvalue weighted by atomic mass is 10.1. The molecule has 0 aliphatic carbocycles. The van der Waals surface area contributed by atoms with Gasteiger partial charge in [-0.05, 0) is 80.9 Å². The van der Waals surface area contributed by atoms with Crippen molar-refractivity contribution in [3.05, 3.63) is 62.5 Å². The number of carbonyl (C=O) groups is 1. The van der Waals surface area contributed by atoms with Crippen LogP contribution in [0.4, 0.5) is 0 Å². The number of rotatable bonds is 17. The van der Waals surface area contributed by atoms with E-state index in [4.69, 9.17) is 26.8 Å². The van der Waals surface area contributed by atoms with Gasteiger partial charge < -0.3 is 32.1 Å². The zero-order valence-electron chi connectivity index (χ0n) is 20.9. The number of hydrogen-bond acceptors (Lipinski definition) is 6. The highest BCUT2D eigenvalue weighted by Crippen LogP contribution is 2.35. The quantitative estimate of drug-likeness (QED) is 0.0889. The van der Waals surface area contributed by atoms with E-state index in [1.165, 1.54) is 0 Å². The number of guanidine groups is 1. The van der Waals surface area contributed by atoms with Crippen LogP contribution in [0.5, 0.6) is 5.75 Å². The predicted octanol–water partition coefficient (Wildman–Crippen LogP) is 4.00. The molecule has 9 nitrogen and oxygen atoms in total. The maximum atomic E-state index is 13.0. The van der Waals surface area contributed by atoms with Crippen molar-refractivity contribution < 1.29 is 14.4 Å². The van der Waals surface area contributed by atoms with E-state index in [-0.39, 0.29) is 18.5 Å². The molecule has 1 amide bonds. The van der Waals surface area contributed by atoms with Gasteiger partial charge in [0.2, 0.25) is 0 Å². The second-order valence-corrected chi connectivity index (χ2v) is 10.0. The first-order chi connectivity index (χ1) is 17.9. The van der Waals surface area contributed by atoms with E-state index in [0.717, 1.165) is 52.2 Å². The number of oxime groups is 1. The van der Waals surface area contributed by atoms with Crippen molar-refractivity contribution in [2.24, 2.45) is 27.3 Å². The summed E-state index contributed by atoms with van der Waals surface area (Å²) >= 11 is 7.13. The average Bonchev–Trinajstić information content (AvgIpc) is 2.87. The topological polar surface area (TPSA) is 150 Å². The zero-order valence-corrected chi connectivity index (χ0v) is 24.1. The van der Waals surface area contributed by atoms with E-state index in [1.807, 2.05) is 42.5 Å². The van der Waals surface area contributed by atoms with Gasteiger partial charge in [0.15, 0.2) is 5.96 Å². The summed E-state index contributed by atoms with van der Waals surface area (Å²) in [6.07, 6.45) is 4.74. The van der Waals surface area contributed by atoms with Crippen LogP contribution in [-0.2, 0) is 22.7 Å². The molecule has 2 aromatic carbocycles. The molecule has 0 spiro atoms. The number of nitrogens with two attached hydrogens (primary N) is 3. The van der Waals surface area contributed by atoms with Crippen LogP contribution in [0.25, 0.3) is 0 Å². The van der Waals surface area contributed by atoms with E-state index >= 15 is 0 Å². The van der Waals surface area contributed by atoms with Gasteiger partial charge in [-0.25, -0.2) is 0 Å². The van der Waals surface area contributed by atoms with Crippen LogP contribution in [0.15, 0.2) is 61.6 Å².